The van der Waals surface area contributed by atoms with E-state index in [1.807, 2.05) is 0 Å². The second-order valence-electron chi connectivity index (χ2n) is 4.14. The van der Waals surface area contributed by atoms with Crippen LogP contribution in [0.15, 0.2) is 0 Å². The molecule has 0 amide bonds. The van der Waals surface area contributed by atoms with Gasteiger partial charge in [-0.25, -0.2) is 0 Å². The van der Waals surface area contributed by atoms with Crippen LogP contribution in [-0.4, -0.2) is 23.5 Å². The van der Waals surface area contributed by atoms with E-state index in [4.69, 9.17) is 0 Å². The molecule has 0 aromatic carbocycles. The first-order chi connectivity index (χ1) is 5.54. The Morgan fingerprint density at radius 2 is 1.50 bits per heavy atom. The van der Waals surface area contributed by atoms with Crippen LogP contribution >= 0.6 is 0 Å². The van der Waals surface area contributed by atoms with Crippen LogP contribution in [0.25, 0.3) is 0 Å². The molecule has 0 aliphatic rings. The zero-order valence-electron chi connectivity index (χ0n) is 9.59. The fourth-order valence-corrected chi connectivity index (χ4v) is 2.07. The maximum absolute atomic E-state index is 2.59. The van der Waals surface area contributed by atoms with E-state index in [0.717, 1.165) is 12.0 Å². The molecule has 1 atom stereocenters. The molecule has 0 radical (unpaired) electrons. The van der Waals surface area contributed by atoms with Gasteiger partial charge in [0.2, 0.25) is 0 Å². The Labute approximate surface area is 78.1 Å². The van der Waals surface area contributed by atoms with Crippen molar-refractivity contribution in [3.8, 4) is 0 Å². The normalized spacial score (nSPS) is 14.8. The summed E-state index contributed by atoms with van der Waals surface area (Å²) >= 11 is 0. The molecule has 12 heavy (non-hydrogen) atoms. The lowest BCUT2D eigenvalue weighted by atomic mass is 9.98. The topological polar surface area (TPSA) is 3.24 Å². The predicted octanol–water partition coefficient (Wildman–Crippen LogP) is 3.15. The summed E-state index contributed by atoms with van der Waals surface area (Å²) in [5.74, 6) is 0.775. The fraction of sp³-hybridized carbons (Fsp3) is 1.00. The van der Waals surface area contributed by atoms with Gasteiger partial charge in [0.15, 0.2) is 0 Å². The van der Waals surface area contributed by atoms with Crippen molar-refractivity contribution in [2.75, 3.05) is 6.54 Å². The highest BCUT2D eigenvalue weighted by Crippen LogP contribution is 2.16. The molecule has 0 N–H and O–H groups in total. The molecule has 1 unspecified atom stereocenters. The highest BCUT2D eigenvalue weighted by Gasteiger charge is 2.20. The van der Waals surface area contributed by atoms with Gasteiger partial charge in [-0.3, -0.25) is 4.90 Å². The summed E-state index contributed by atoms with van der Waals surface area (Å²) in [6.45, 7) is 14.9. The molecule has 74 valence electrons. The van der Waals surface area contributed by atoms with Crippen molar-refractivity contribution in [2.24, 2.45) is 5.92 Å². The lowest BCUT2D eigenvalue weighted by Crippen LogP contribution is -2.42. The maximum Gasteiger partial charge on any atom is 0.0118 e. The lowest BCUT2D eigenvalue weighted by molar-refractivity contribution is 0.121. The fourth-order valence-electron chi connectivity index (χ4n) is 2.07. The minimum absolute atomic E-state index is 0.683. The Hall–Kier alpha value is -0.0400. The van der Waals surface area contributed by atoms with Crippen molar-refractivity contribution >= 4 is 0 Å². The number of rotatable bonds is 5. The molecule has 0 aromatic rings. The van der Waals surface area contributed by atoms with Gasteiger partial charge in [-0.15, -0.1) is 0 Å². The summed E-state index contributed by atoms with van der Waals surface area (Å²) in [4.78, 5) is 2.59. The third-order valence-corrected chi connectivity index (χ3v) is 2.64. The molecule has 0 spiro atoms. The van der Waals surface area contributed by atoms with Crippen LogP contribution in [0.1, 0.15) is 48.0 Å². The van der Waals surface area contributed by atoms with Crippen LogP contribution in [0.3, 0.4) is 0 Å². The second kappa shape index (κ2) is 5.58. The van der Waals surface area contributed by atoms with Crippen LogP contribution in [0.4, 0.5) is 0 Å². The second-order valence-corrected chi connectivity index (χ2v) is 4.14. The monoisotopic (exact) mass is 171 g/mol. The van der Waals surface area contributed by atoms with Crippen molar-refractivity contribution in [3.05, 3.63) is 0 Å². The molecule has 0 bridgehead atoms. The molecule has 0 fully saturated rings. The Morgan fingerprint density at radius 1 is 1.00 bits per heavy atom. The van der Waals surface area contributed by atoms with Gasteiger partial charge >= 0.3 is 0 Å². The smallest absolute Gasteiger partial charge is 0.0118 e. The molecule has 0 aliphatic heterocycles. The molecule has 0 heterocycles. The number of hydrogen-bond donors (Lipinski definition) is 0. The van der Waals surface area contributed by atoms with Gasteiger partial charge in [0.1, 0.15) is 0 Å². The average Bonchev–Trinajstić information content (AvgIpc) is 1.98. The minimum Gasteiger partial charge on any atom is -0.298 e. The Balaban J connectivity index is 4.23. The SMILES string of the molecule is CCC(C(C)C)N(CC)C(C)C. The molecule has 0 saturated carbocycles. The largest absolute Gasteiger partial charge is 0.298 e. The van der Waals surface area contributed by atoms with Crippen molar-refractivity contribution in [1.82, 2.24) is 4.90 Å². The average molecular weight is 171 g/mol. The van der Waals surface area contributed by atoms with Crippen molar-refractivity contribution in [2.45, 2.75) is 60.0 Å². The van der Waals surface area contributed by atoms with Gasteiger partial charge in [0.25, 0.3) is 0 Å². The minimum atomic E-state index is 0.683. The quantitative estimate of drug-likeness (QED) is 0.614. The Kier molecular flexibility index (Phi) is 5.56. The van der Waals surface area contributed by atoms with Crippen molar-refractivity contribution < 1.29 is 0 Å². The van der Waals surface area contributed by atoms with Gasteiger partial charge in [0.05, 0.1) is 0 Å². The van der Waals surface area contributed by atoms with E-state index in [2.05, 4.69) is 46.4 Å². The first-order valence-electron chi connectivity index (χ1n) is 5.30. The van der Waals surface area contributed by atoms with Crippen molar-refractivity contribution in [1.29, 1.82) is 0 Å². The molecule has 0 rings (SSSR count). The molecule has 0 aliphatic carbocycles. The third kappa shape index (κ3) is 3.14. The number of hydrogen-bond acceptors (Lipinski definition) is 1. The molecule has 0 saturated heterocycles. The zero-order valence-corrected chi connectivity index (χ0v) is 9.59. The third-order valence-electron chi connectivity index (χ3n) is 2.64. The first kappa shape index (κ1) is 12.0. The molecular formula is C11H25N. The Bertz CT molecular complexity index is 93.6. The highest BCUT2D eigenvalue weighted by molar-refractivity contribution is 4.75. The van der Waals surface area contributed by atoms with Gasteiger partial charge in [0, 0.05) is 12.1 Å². The summed E-state index contributed by atoms with van der Waals surface area (Å²) in [5, 5.41) is 0. The van der Waals surface area contributed by atoms with E-state index in [9.17, 15) is 0 Å². The molecule has 1 heteroatoms. The predicted molar refractivity (Wildman–Crippen MR) is 56.4 cm³/mol. The van der Waals surface area contributed by atoms with E-state index in [-0.39, 0.29) is 0 Å². The van der Waals surface area contributed by atoms with Gasteiger partial charge in [-0.1, -0.05) is 27.7 Å². The van der Waals surface area contributed by atoms with Gasteiger partial charge in [-0.2, -0.15) is 0 Å². The highest BCUT2D eigenvalue weighted by atomic mass is 15.2. The molecular weight excluding hydrogens is 146 g/mol. The summed E-state index contributed by atoms with van der Waals surface area (Å²) in [5.41, 5.74) is 0. The van der Waals surface area contributed by atoms with Crippen LogP contribution in [0, 0.1) is 5.92 Å². The van der Waals surface area contributed by atoms with E-state index in [1.54, 1.807) is 0 Å². The summed E-state index contributed by atoms with van der Waals surface area (Å²) in [6.07, 6.45) is 1.27. The number of nitrogens with zero attached hydrogens (tertiary/aromatic N) is 1. The lowest BCUT2D eigenvalue weighted by Gasteiger charge is -2.36. The van der Waals surface area contributed by atoms with E-state index >= 15 is 0 Å². The summed E-state index contributed by atoms with van der Waals surface area (Å²) < 4.78 is 0. The van der Waals surface area contributed by atoms with Crippen LogP contribution < -0.4 is 0 Å². The zero-order chi connectivity index (χ0) is 9.72. The standard InChI is InChI=1S/C11H25N/c1-7-11(9(3)4)12(8-2)10(5)6/h9-11H,7-8H2,1-6H3. The van der Waals surface area contributed by atoms with E-state index in [0.29, 0.717) is 6.04 Å². The van der Waals surface area contributed by atoms with Gasteiger partial charge in [-0.05, 0) is 32.7 Å². The molecule has 1 nitrogen and oxygen atoms in total. The van der Waals surface area contributed by atoms with E-state index in [1.165, 1.54) is 13.0 Å². The summed E-state index contributed by atoms with van der Waals surface area (Å²) in [6, 6.07) is 1.44. The van der Waals surface area contributed by atoms with Crippen LogP contribution in [-0.2, 0) is 0 Å². The molecule has 0 aromatic heterocycles. The maximum atomic E-state index is 2.59. The Morgan fingerprint density at radius 3 is 1.58 bits per heavy atom. The van der Waals surface area contributed by atoms with Crippen LogP contribution in [0.2, 0.25) is 0 Å². The first-order valence-corrected chi connectivity index (χ1v) is 5.30. The summed E-state index contributed by atoms with van der Waals surface area (Å²) in [7, 11) is 0. The van der Waals surface area contributed by atoms with E-state index < -0.39 is 0 Å². The van der Waals surface area contributed by atoms with Crippen molar-refractivity contribution in [3.63, 3.8) is 0 Å². The van der Waals surface area contributed by atoms with Crippen LogP contribution in [0.5, 0.6) is 0 Å². The van der Waals surface area contributed by atoms with Gasteiger partial charge < -0.3 is 0 Å².